The quantitative estimate of drug-likeness (QED) is 0.740. The molecule has 0 aliphatic carbocycles. The van der Waals surface area contributed by atoms with Crippen molar-refractivity contribution in [1.82, 2.24) is 14.3 Å². The molecule has 0 atom stereocenters. The highest BCUT2D eigenvalue weighted by molar-refractivity contribution is 7.15. The molecule has 0 bridgehead atoms. The third-order valence-corrected chi connectivity index (χ3v) is 4.64. The molecule has 0 unspecified atom stereocenters. The van der Waals surface area contributed by atoms with Crippen molar-refractivity contribution in [2.75, 3.05) is 6.54 Å². The molecule has 0 saturated heterocycles. The van der Waals surface area contributed by atoms with Gasteiger partial charge in [0.1, 0.15) is 5.56 Å². The Morgan fingerprint density at radius 2 is 2.13 bits per heavy atom. The number of nitrogens with zero attached hydrogens (tertiary/aromatic N) is 3. The summed E-state index contributed by atoms with van der Waals surface area (Å²) in [5.41, 5.74) is 2.00. The molecule has 118 valence electrons. The number of fused-ring (bicyclic) bond motifs is 1. The van der Waals surface area contributed by atoms with Crippen LogP contribution < -0.4 is 5.56 Å². The van der Waals surface area contributed by atoms with E-state index in [1.54, 1.807) is 16.5 Å². The number of benzene rings is 1. The first-order chi connectivity index (χ1) is 11.1. The van der Waals surface area contributed by atoms with E-state index in [0.717, 1.165) is 11.1 Å². The summed E-state index contributed by atoms with van der Waals surface area (Å²) in [5.74, 6) is -0.283. The van der Waals surface area contributed by atoms with Gasteiger partial charge in [0.15, 0.2) is 4.96 Å². The second kappa shape index (κ2) is 6.34. The lowest BCUT2D eigenvalue weighted by Gasteiger charge is -2.21. The Balaban J connectivity index is 1.94. The predicted molar refractivity (Wildman–Crippen MR) is 90.9 cm³/mol. The smallest absolute Gasteiger partial charge is 0.271 e. The van der Waals surface area contributed by atoms with Crippen LogP contribution in [0.5, 0.6) is 0 Å². The van der Waals surface area contributed by atoms with Crippen LogP contribution in [-0.2, 0) is 6.54 Å². The monoisotopic (exact) mass is 327 g/mol. The molecule has 0 spiro atoms. The van der Waals surface area contributed by atoms with E-state index in [1.165, 1.54) is 21.9 Å². The number of thiazole rings is 1. The minimum atomic E-state index is -0.315. The van der Waals surface area contributed by atoms with E-state index in [-0.39, 0.29) is 17.0 Å². The van der Waals surface area contributed by atoms with Gasteiger partial charge in [-0.1, -0.05) is 24.3 Å². The second-order valence-corrected chi connectivity index (χ2v) is 6.15. The van der Waals surface area contributed by atoms with Crippen molar-refractivity contribution >= 4 is 22.2 Å². The molecule has 0 N–H and O–H groups in total. The maximum atomic E-state index is 12.8. The van der Waals surface area contributed by atoms with Crippen LogP contribution in [0.3, 0.4) is 0 Å². The first-order valence-corrected chi connectivity index (χ1v) is 8.28. The van der Waals surface area contributed by atoms with Gasteiger partial charge in [-0.2, -0.15) is 0 Å². The highest BCUT2D eigenvalue weighted by atomic mass is 32.1. The molecule has 0 saturated carbocycles. The lowest BCUT2D eigenvalue weighted by atomic mass is 10.1. The highest BCUT2D eigenvalue weighted by Gasteiger charge is 2.20. The fourth-order valence-corrected chi connectivity index (χ4v) is 3.14. The minimum Gasteiger partial charge on any atom is -0.334 e. The van der Waals surface area contributed by atoms with E-state index in [0.29, 0.717) is 18.1 Å². The Bertz CT molecular complexity index is 913. The van der Waals surface area contributed by atoms with Gasteiger partial charge in [-0.15, -0.1) is 11.3 Å². The molecule has 23 heavy (non-hydrogen) atoms. The number of aromatic nitrogens is 2. The lowest BCUT2D eigenvalue weighted by Crippen LogP contribution is -2.35. The maximum absolute atomic E-state index is 12.8. The summed E-state index contributed by atoms with van der Waals surface area (Å²) in [7, 11) is 0. The molecule has 2 heterocycles. The van der Waals surface area contributed by atoms with Gasteiger partial charge in [0.2, 0.25) is 0 Å². The van der Waals surface area contributed by atoms with Crippen molar-refractivity contribution in [1.29, 1.82) is 0 Å². The van der Waals surface area contributed by atoms with Gasteiger partial charge in [0.25, 0.3) is 11.5 Å². The normalized spacial score (nSPS) is 10.9. The zero-order valence-electron chi connectivity index (χ0n) is 13.0. The summed E-state index contributed by atoms with van der Waals surface area (Å²) in [6.07, 6.45) is 3.03. The Kier molecular flexibility index (Phi) is 4.25. The van der Waals surface area contributed by atoms with Gasteiger partial charge in [0.05, 0.1) is 0 Å². The molecular formula is C17H17N3O2S. The fourth-order valence-electron chi connectivity index (χ4n) is 2.46. The number of hydrogen-bond acceptors (Lipinski definition) is 4. The van der Waals surface area contributed by atoms with Gasteiger partial charge < -0.3 is 4.90 Å². The fraction of sp³-hybridized carbons (Fsp3) is 0.235. The van der Waals surface area contributed by atoms with Crippen LogP contribution in [0.1, 0.15) is 28.4 Å². The van der Waals surface area contributed by atoms with Crippen LogP contribution in [0.4, 0.5) is 0 Å². The summed E-state index contributed by atoms with van der Waals surface area (Å²) in [4.78, 5) is 31.7. The Labute approximate surface area is 137 Å². The van der Waals surface area contributed by atoms with Crippen LogP contribution in [0.15, 0.2) is 46.8 Å². The molecule has 1 aromatic carbocycles. The van der Waals surface area contributed by atoms with Gasteiger partial charge in [-0.3, -0.25) is 14.0 Å². The van der Waals surface area contributed by atoms with Crippen molar-refractivity contribution < 1.29 is 4.79 Å². The molecule has 5 nitrogen and oxygen atoms in total. The Hall–Kier alpha value is -2.47. The largest absolute Gasteiger partial charge is 0.334 e. The first-order valence-electron chi connectivity index (χ1n) is 7.40. The molecule has 2 aromatic heterocycles. The average Bonchev–Trinajstić information content (AvgIpc) is 3.03. The number of hydrogen-bond donors (Lipinski definition) is 0. The molecule has 0 radical (unpaired) electrons. The number of carbonyl (C=O) groups excluding carboxylic acids is 1. The summed E-state index contributed by atoms with van der Waals surface area (Å²) in [6, 6.07) is 7.94. The molecule has 0 fully saturated rings. The lowest BCUT2D eigenvalue weighted by molar-refractivity contribution is 0.0750. The number of aryl methyl sites for hydroxylation is 1. The van der Waals surface area contributed by atoms with Gasteiger partial charge in [0, 0.05) is 30.9 Å². The highest BCUT2D eigenvalue weighted by Crippen LogP contribution is 2.13. The third-order valence-electron chi connectivity index (χ3n) is 3.86. The van der Waals surface area contributed by atoms with Gasteiger partial charge >= 0.3 is 0 Å². The topological polar surface area (TPSA) is 54.7 Å². The molecule has 0 aliphatic heterocycles. The summed E-state index contributed by atoms with van der Waals surface area (Å²) in [5, 5.41) is 1.78. The van der Waals surface area contributed by atoms with Gasteiger partial charge in [-0.25, -0.2) is 4.98 Å². The van der Waals surface area contributed by atoms with Crippen LogP contribution in [-0.4, -0.2) is 26.7 Å². The van der Waals surface area contributed by atoms with E-state index < -0.39 is 0 Å². The van der Waals surface area contributed by atoms with Crippen LogP contribution in [0.2, 0.25) is 0 Å². The number of rotatable bonds is 4. The van der Waals surface area contributed by atoms with Crippen molar-refractivity contribution in [3.05, 3.63) is 69.1 Å². The first kappa shape index (κ1) is 15.4. The standard InChI is InChI=1S/C17H17N3O2S/c1-3-19(11-13-7-5-4-6-12(13)2)15(21)14-10-18-17-20(16(14)22)8-9-23-17/h4-10H,3,11H2,1-2H3. The van der Waals surface area contributed by atoms with E-state index in [1.807, 2.05) is 38.1 Å². The summed E-state index contributed by atoms with van der Waals surface area (Å²) in [6.45, 7) is 4.93. The molecule has 1 amide bonds. The minimum absolute atomic E-state index is 0.108. The number of amides is 1. The van der Waals surface area contributed by atoms with Crippen molar-refractivity contribution in [3.8, 4) is 0 Å². The maximum Gasteiger partial charge on any atom is 0.271 e. The third kappa shape index (κ3) is 2.90. The average molecular weight is 327 g/mol. The molecular weight excluding hydrogens is 310 g/mol. The number of carbonyl (C=O) groups is 1. The van der Waals surface area contributed by atoms with E-state index >= 15 is 0 Å². The zero-order valence-corrected chi connectivity index (χ0v) is 13.8. The molecule has 3 aromatic rings. The van der Waals surface area contributed by atoms with Crippen molar-refractivity contribution in [2.45, 2.75) is 20.4 Å². The predicted octanol–water partition coefficient (Wildman–Crippen LogP) is 2.73. The molecule has 6 heteroatoms. The van der Waals surface area contributed by atoms with Crippen molar-refractivity contribution in [3.63, 3.8) is 0 Å². The Morgan fingerprint density at radius 1 is 1.35 bits per heavy atom. The molecule has 3 rings (SSSR count). The Morgan fingerprint density at radius 3 is 2.87 bits per heavy atom. The van der Waals surface area contributed by atoms with E-state index in [9.17, 15) is 9.59 Å². The van der Waals surface area contributed by atoms with Crippen LogP contribution in [0.25, 0.3) is 4.96 Å². The van der Waals surface area contributed by atoms with E-state index in [4.69, 9.17) is 0 Å². The van der Waals surface area contributed by atoms with Gasteiger partial charge in [-0.05, 0) is 25.0 Å². The summed E-state index contributed by atoms with van der Waals surface area (Å²) >= 11 is 1.37. The van der Waals surface area contributed by atoms with Crippen LogP contribution >= 0.6 is 11.3 Å². The summed E-state index contributed by atoms with van der Waals surface area (Å²) < 4.78 is 1.42. The SMILES string of the molecule is CCN(Cc1ccccc1C)C(=O)c1cnc2sccn2c1=O. The molecule has 0 aliphatic rings. The zero-order chi connectivity index (χ0) is 16.4. The van der Waals surface area contributed by atoms with E-state index in [2.05, 4.69) is 4.98 Å². The van der Waals surface area contributed by atoms with Crippen LogP contribution in [0, 0.1) is 6.92 Å². The second-order valence-electron chi connectivity index (χ2n) is 5.28. The van der Waals surface area contributed by atoms with Crippen molar-refractivity contribution in [2.24, 2.45) is 0 Å².